The van der Waals surface area contributed by atoms with E-state index in [0.29, 0.717) is 29.6 Å². The summed E-state index contributed by atoms with van der Waals surface area (Å²) >= 11 is 0. The molecule has 0 aliphatic carbocycles. The van der Waals surface area contributed by atoms with Crippen molar-refractivity contribution >= 4 is 22.8 Å². The first kappa shape index (κ1) is 18.3. The molecular formula is C21H25N5O2. The number of anilines is 2. The van der Waals surface area contributed by atoms with Gasteiger partial charge in [-0.25, -0.2) is 4.79 Å². The molecule has 2 aromatic heterocycles. The summed E-state index contributed by atoms with van der Waals surface area (Å²) in [4.78, 5) is 32.9. The fourth-order valence-electron chi connectivity index (χ4n) is 3.98. The summed E-state index contributed by atoms with van der Waals surface area (Å²) in [6.45, 7) is 11.6. The third-order valence-corrected chi connectivity index (χ3v) is 5.28. The van der Waals surface area contributed by atoms with Gasteiger partial charge < -0.3 is 9.47 Å². The van der Waals surface area contributed by atoms with Crippen LogP contribution in [0.5, 0.6) is 0 Å². The number of hydrogen-bond donors (Lipinski definition) is 0. The standard InChI is InChI=1S/C21H25N5O2/c1-13(2)10-26-19(27)17-18(23(5)21(26)28)22-20-24(11-14(3)12-25(17)20)16-9-7-6-8-15(16)4/h6-9,14H,1,10-12H2,2-5H3/t14-/m0/s1. The van der Waals surface area contributed by atoms with Crippen LogP contribution in [0.1, 0.15) is 19.4 Å². The maximum atomic E-state index is 13.2. The number of para-hydroxylation sites is 1. The molecular weight excluding hydrogens is 354 g/mol. The Morgan fingerprint density at radius 3 is 2.64 bits per heavy atom. The van der Waals surface area contributed by atoms with Crippen molar-refractivity contribution in [2.24, 2.45) is 13.0 Å². The number of hydrogen-bond acceptors (Lipinski definition) is 4. The van der Waals surface area contributed by atoms with Crippen molar-refractivity contribution in [2.45, 2.75) is 33.9 Å². The second-order valence-corrected chi connectivity index (χ2v) is 7.89. The highest BCUT2D eigenvalue weighted by Gasteiger charge is 2.30. The van der Waals surface area contributed by atoms with E-state index in [4.69, 9.17) is 4.98 Å². The van der Waals surface area contributed by atoms with Gasteiger partial charge in [0.1, 0.15) is 0 Å². The molecule has 0 amide bonds. The molecule has 0 radical (unpaired) electrons. The predicted octanol–water partition coefficient (Wildman–Crippen LogP) is 2.57. The summed E-state index contributed by atoms with van der Waals surface area (Å²) in [5.74, 6) is 1.04. The molecule has 1 aliphatic heterocycles. The summed E-state index contributed by atoms with van der Waals surface area (Å²) in [5.41, 5.74) is 3.19. The van der Waals surface area contributed by atoms with Crippen molar-refractivity contribution in [3.05, 3.63) is 62.8 Å². The van der Waals surface area contributed by atoms with Crippen molar-refractivity contribution in [1.29, 1.82) is 0 Å². The molecule has 0 bridgehead atoms. The molecule has 0 N–H and O–H groups in total. The number of rotatable bonds is 3. The lowest BCUT2D eigenvalue weighted by molar-refractivity contribution is 0.457. The van der Waals surface area contributed by atoms with Crippen LogP contribution >= 0.6 is 0 Å². The zero-order valence-electron chi connectivity index (χ0n) is 16.8. The predicted molar refractivity (Wildman–Crippen MR) is 111 cm³/mol. The van der Waals surface area contributed by atoms with E-state index in [1.165, 1.54) is 9.13 Å². The number of aromatic nitrogens is 4. The van der Waals surface area contributed by atoms with Crippen LogP contribution in [0.2, 0.25) is 0 Å². The second-order valence-electron chi connectivity index (χ2n) is 7.89. The van der Waals surface area contributed by atoms with Crippen LogP contribution in [-0.2, 0) is 20.1 Å². The van der Waals surface area contributed by atoms with Crippen LogP contribution in [0, 0.1) is 12.8 Å². The van der Waals surface area contributed by atoms with Gasteiger partial charge in [0.15, 0.2) is 11.2 Å². The highest BCUT2D eigenvalue weighted by atomic mass is 16.2. The quantitative estimate of drug-likeness (QED) is 0.656. The minimum atomic E-state index is -0.369. The number of fused-ring (bicyclic) bond motifs is 3. The van der Waals surface area contributed by atoms with E-state index in [2.05, 4.69) is 37.5 Å². The van der Waals surface area contributed by atoms with Gasteiger partial charge >= 0.3 is 5.69 Å². The molecule has 28 heavy (non-hydrogen) atoms. The van der Waals surface area contributed by atoms with E-state index in [0.717, 1.165) is 23.4 Å². The first-order valence-corrected chi connectivity index (χ1v) is 9.47. The molecule has 1 aliphatic rings. The van der Waals surface area contributed by atoms with Crippen molar-refractivity contribution < 1.29 is 0 Å². The van der Waals surface area contributed by atoms with Gasteiger partial charge in [0.2, 0.25) is 5.95 Å². The number of imidazole rings is 1. The Balaban J connectivity index is 2.04. The van der Waals surface area contributed by atoms with E-state index in [1.54, 1.807) is 7.05 Å². The van der Waals surface area contributed by atoms with E-state index in [9.17, 15) is 9.59 Å². The fourth-order valence-corrected chi connectivity index (χ4v) is 3.98. The van der Waals surface area contributed by atoms with Crippen LogP contribution in [0.15, 0.2) is 46.0 Å². The zero-order chi connectivity index (χ0) is 20.2. The second kappa shape index (κ2) is 6.51. The largest absolute Gasteiger partial charge is 0.332 e. The number of aryl methyl sites for hydroxylation is 2. The summed E-state index contributed by atoms with van der Waals surface area (Å²) < 4.78 is 4.68. The Bertz CT molecular complexity index is 1210. The van der Waals surface area contributed by atoms with Gasteiger partial charge in [-0.05, 0) is 31.4 Å². The van der Waals surface area contributed by atoms with E-state index >= 15 is 0 Å². The van der Waals surface area contributed by atoms with Crippen molar-refractivity contribution in [3.63, 3.8) is 0 Å². The van der Waals surface area contributed by atoms with E-state index in [-0.39, 0.29) is 17.8 Å². The summed E-state index contributed by atoms with van der Waals surface area (Å²) in [6.07, 6.45) is 0. The first-order chi connectivity index (χ1) is 13.3. The fraction of sp³-hybridized carbons (Fsp3) is 0.381. The van der Waals surface area contributed by atoms with Crippen LogP contribution < -0.4 is 16.1 Å². The summed E-state index contributed by atoms with van der Waals surface area (Å²) in [7, 11) is 1.67. The van der Waals surface area contributed by atoms with E-state index < -0.39 is 0 Å². The van der Waals surface area contributed by atoms with Crippen molar-refractivity contribution in [1.82, 2.24) is 18.7 Å². The normalized spacial score (nSPS) is 16.4. The lowest BCUT2D eigenvalue weighted by Gasteiger charge is -2.33. The lowest BCUT2D eigenvalue weighted by atomic mass is 10.1. The molecule has 0 saturated carbocycles. The summed E-state index contributed by atoms with van der Waals surface area (Å²) in [5, 5.41) is 0. The molecule has 3 aromatic rings. The Kier molecular flexibility index (Phi) is 4.25. The molecule has 146 valence electrons. The number of nitrogens with zero attached hydrogens (tertiary/aromatic N) is 5. The molecule has 0 fully saturated rings. The minimum Gasteiger partial charge on any atom is -0.311 e. The average molecular weight is 379 g/mol. The topological polar surface area (TPSA) is 65.1 Å². The molecule has 7 nitrogen and oxygen atoms in total. The number of benzene rings is 1. The van der Waals surface area contributed by atoms with Crippen molar-refractivity contribution in [3.8, 4) is 0 Å². The average Bonchev–Trinajstić information content (AvgIpc) is 3.02. The van der Waals surface area contributed by atoms with Gasteiger partial charge in [-0.2, -0.15) is 4.98 Å². The molecule has 0 saturated heterocycles. The van der Waals surface area contributed by atoms with Crippen LogP contribution in [0.4, 0.5) is 11.6 Å². The van der Waals surface area contributed by atoms with Crippen LogP contribution in [0.3, 0.4) is 0 Å². The molecule has 1 aromatic carbocycles. The lowest BCUT2D eigenvalue weighted by Crippen LogP contribution is -2.40. The molecule has 4 rings (SSSR count). The SMILES string of the molecule is C=C(C)Cn1c(=O)c2c(nc3n2C[C@@H](C)CN3c2ccccc2C)n(C)c1=O. The van der Waals surface area contributed by atoms with Crippen molar-refractivity contribution in [2.75, 3.05) is 11.4 Å². The molecule has 3 heterocycles. The van der Waals surface area contributed by atoms with Gasteiger partial charge in [-0.1, -0.05) is 37.3 Å². The molecule has 1 atom stereocenters. The zero-order valence-corrected chi connectivity index (χ0v) is 16.8. The Labute approximate surface area is 163 Å². The summed E-state index contributed by atoms with van der Waals surface area (Å²) in [6, 6.07) is 8.14. The maximum absolute atomic E-state index is 13.2. The van der Waals surface area contributed by atoms with Gasteiger partial charge in [0.25, 0.3) is 5.56 Å². The van der Waals surface area contributed by atoms with Gasteiger partial charge in [0.05, 0.1) is 6.54 Å². The highest BCUT2D eigenvalue weighted by molar-refractivity contribution is 5.77. The molecule has 0 unspecified atom stereocenters. The Morgan fingerprint density at radius 1 is 1.25 bits per heavy atom. The van der Waals surface area contributed by atoms with Gasteiger partial charge in [-0.3, -0.25) is 13.9 Å². The third-order valence-electron chi connectivity index (χ3n) is 5.28. The van der Waals surface area contributed by atoms with E-state index in [1.807, 2.05) is 23.6 Å². The third kappa shape index (κ3) is 2.69. The number of allylic oxidation sites excluding steroid dienone is 1. The van der Waals surface area contributed by atoms with Gasteiger partial charge in [-0.15, -0.1) is 0 Å². The highest BCUT2D eigenvalue weighted by Crippen LogP contribution is 2.34. The molecule has 0 spiro atoms. The van der Waals surface area contributed by atoms with Gasteiger partial charge in [0, 0.05) is 25.8 Å². The first-order valence-electron chi connectivity index (χ1n) is 9.47. The minimum absolute atomic E-state index is 0.207. The smallest absolute Gasteiger partial charge is 0.311 e. The monoisotopic (exact) mass is 379 g/mol. The Morgan fingerprint density at radius 2 is 1.96 bits per heavy atom. The maximum Gasteiger partial charge on any atom is 0.332 e. The Hall–Kier alpha value is -3.09. The van der Waals surface area contributed by atoms with Crippen LogP contribution in [0.25, 0.3) is 11.2 Å². The van der Waals surface area contributed by atoms with Crippen LogP contribution in [-0.4, -0.2) is 25.2 Å². The molecule has 7 heteroatoms.